The van der Waals surface area contributed by atoms with Gasteiger partial charge in [-0.1, -0.05) is 44.2 Å². The molecule has 0 aliphatic carbocycles. The molecule has 1 fully saturated rings. The number of carbonyl (C=O) groups excluding carboxylic acids is 2. The van der Waals surface area contributed by atoms with E-state index >= 15 is 0 Å². The first-order chi connectivity index (χ1) is 21.5. The van der Waals surface area contributed by atoms with Crippen LogP contribution in [-0.2, 0) is 16.0 Å². The molecule has 3 aromatic carbocycles. The molecule has 0 saturated carbocycles. The van der Waals surface area contributed by atoms with Crippen LogP contribution in [0.3, 0.4) is 0 Å². The van der Waals surface area contributed by atoms with Gasteiger partial charge in [-0.2, -0.15) is 0 Å². The molecule has 0 radical (unpaired) electrons. The number of piperidine rings is 1. The number of ether oxygens (including phenoxy) is 3. The van der Waals surface area contributed by atoms with E-state index in [1.165, 1.54) is 18.5 Å². The van der Waals surface area contributed by atoms with Crippen molar-refractivity contribution in [1.29, 1.82) is 0 Å². The minimum Gasteiger partial charge on any atom is -0.493 e. The van der Waals surface area contributed by atoms with Crippen molar-refractivity contribution >= 4 is 28.4 Å². The van der Waals surface area contributed by atoms with Crippen molar-refractivity contribution in [2.24, 2.45) is 5.92 Å². The summed E-state index contributed by atoms with van der Waals surface area (Å²) in [6.07, 6.45) is 4.00. The quantitative estimate of drug-likeness (QED) is 0.210. The molecular weight excluding hydrogens is 565 g/mol. The molecule has 5 rings (SSSR count). The smallest absolute Gasteiger partial charge is 0.313 e. The first kappa shape index (κ1) is 32.2. The van der Waals surface area contributed by atoms with E-state index in [4.69, 9.17) is 14.2 Å². The SMILES string of the molecule is CC.COc1cc2c(Oc3ccc(NC(=O)C(=O)NCCc4ccccc4)cc3F)ncnc2cc1OCC1CCNCC1. The molecule has 2 heterocycles. The highest BCUT2D eigenvalue weighted by Crippen LogP contribution is 2.37. The third-order valence-corrected chi connectivity index (χ3v) is 6.96. The summed E-state index contributed by atoms with van der Waals surface area (Å²) >= 11 is 0. The number of carbonyl (C=O) groups is 2. The largest absolute Gasteiger partial charge is 0.493 e. The van der Waals surface area contributed by atoms with Gasteiger partial charge in [0.25, 0.3) is 0 Å². The summed E-state index contributed by atoms with van der Waals surface area (Å²) < 4.78 is 32.4. The fraction of sp³-hybridized carbons (Fsp3) is 0.333. The van der Waals surface area contributed by atoms with Gasteiger partial charge in [0.15, 0.2) is 23.1 Å². The lowest BCUT2D eigenvalue weighted by molar-refractivity contribution is -0.136. The van der Waals surface area contributed by atoms with Crippen LogP contribution in [-0.4, -0.2) is 55.1 Å². The van der Waals surface area contributed by atoms with Crippen LogP contribution in [0.5, 0.6) is 23.1 Å². The van der Waals surface area contributed by atoms with Crippen molar-refractivity contribution in [3.63, 3.8) is 0 Å². The number of methoxy groups -OCH3 is 1. The van der Waals surface area contributed by atoms with Crippen LogP contribution < -0.4 is 30.2 Å². The Balaban J connectivity index is 0.00000216. The molecule has 3 N–H and O–H groups in total. The van der Waals surface area contributed by atoms with E-state index in [2.05, 4.69) is 25.9 Å². The van der Waals surface area contributed by atoms with E-state index < -0.39 is 17.6 Å². The van der Waals surface area contributed by atoms with Gasteiger partial charge in [0.1, 0.15) is 6.33 Å². The van der Waals surface area contributed by atoms with E-state index in [1.54, 1.807) is 19.2 Å². The number of hydrogen-bond acceptors (Lipinski definition) is 8. The maximum absolute atomic E-state index is 15.0. The molecule has 1 aliphatic heterocycles. The third kappa shape index (κ3) is 8.63. The highest BCUT2D eigenvalue weighted by Gasteiger charge is 2.19. The van der Waals surface area contributed by atoms with Gasteiger partial charge < -0.3 is 30.2 Å². The minimum absolute atomic E-state index is 0.104. The van der Waals surface area contributed by atoms with E-state index in [1.807, 2.05) is 44.2 Å². The van der Waals surface area contributed by atoms with Crippen molar-refractivity contribution in [3.05, 3.63) is 78.4 Å². The zero-order valence-electron chi connectivity index (χ0n) is 25.2. The Bertz CT molecular complexity index is 1550. The monoisotopic (exact) mass is 603 g/mol. The molecule has 1 aliphatic rings. The number of nitrogens with one attached hydrogen (secondary N) is 3. The average Bonchev–Trinajstić information content (AvgIpc) is 3.06. The predicted molar refractivity (Wildman–Crippen MR) is 167 cm³/mol. The van der Waals surface area contributed by atoms with Gasteiger partial charge in [0, 0.05) is 24.4 Å². The third-order valence-electron chi connectivity index (χ3n) is 6.96. The molecule has 1 saturated heterocycles. The van der Waals surface area contributed by atoms with E-state index in [0.29, 0.717) is 47.9 Å². The van der Waals surface area contributed by atoms with E-state index in [-0.39, 0.29) is 17.3 Å². The summed E-state index contributed by atoms with van der Waals surface area (Å²) in [5.41, 5.74) is 1.68. The standard InChI is InChI=1S/C31H32FN5O5.C2H6/c1-40-27-16-23-25(17-28(27)41-18-21-9-12-33-13-10-21)35-19-36-31(23)42-26-8-7-22(15-24(26)32)37-30(39)29(38)34-14-11-20-5-3-2-4-6-20;1-2/h2-8,15-17,19,21,33H,9-14,18H2,1H3,(H,34,38)(H,37,39);1-2H3. The van der Waals surface area contributed by atoms with Gasteiger partial charge in [0.05, 0.1) is 24.6 Å². The molecule has 0 atom stereocenters. The van der Waals surface area contributed by atoms with Gasteiger partial charge >= 0.3 is 11.8 Å². The van der Waals surface area contributed by atoms with E-state index in [0.717, 1.165) is 37.6 Å². The lowest BCUT2D eigenvalue weighted by atomic mass is 9.99. The summed E-state index contributed by atoms with van der Waals surface area (Å²) in [6, 6.07) is 16.9. The van der Waals surface area contributed by atoms with Crippen LogP contribution in [0.4, 0.5) is 10.1 Å². The molecule has 0 bridgehead atoms. The second-order valence-corrected chi connectivity index (χ2v) is 9.90. The Morgan fingerprint density at radius 1 is 0.955 bits per heavy atom. The highest BCUT2D eigenvalue weighted by atomic mass is 19.1. The van der Waals surface area contributed by atoms with Crippen LogP contribution in [0.15, 0.2) is 67.0 Å². The van der Waals surface area contributed by atoms with Crippen LogP contribution in [0.1, 0.15) is 32.3 Å². The number of amides is 2. The second kappa shape index (κ2) is 16.2. The molecular formula is C33H38FN5O5. The molecule has 0 unspecified atom stereocenters. The summed E-state index contributed by atoms with van der Waals surface area (Å²) in [7, 11) is 1.54. The Labute approximate surface area is 256 Å². The first-order valence-corrected chi connectivity index (χ1v) is 14.8. The molecule has 2 amide bonds. The number of aromatic nitrogens is 2. The molecule has 0 spiro atoms. The number of hydrogen-bond donors (Lipinski definition) is 3. The highest BCUT2D eigenvalue weighted by molar-refractivity contribution is 6.39. The number of fused-ring (bicyclic) bond motifs is 1. The van der Waals surface area contributed by atoms with Crippen molar-refractivity contribution in [1.82, 2.24) is 20.6 Å². The maximum Gasteiger partial charge on any atom is 0.313 e. The average molecular weight is 604 g/mol. The number of benzene rings is 3. The molecule has 4 aromatic rings. The van der Waals surface area contributed by atoms with Crippen molar-refractivity contribution in [3.8, 4) is 23.1 Å². The Kier molecular flexibility index (Phi) is 11.8. The van der Waals surface area contributed by atoms with Crippen molar-refractivity contribution in [2.75, 3.05) is 38.7 Å². The van der Waals surface area contributed by atoms with Gasteiger partial charge in [-0.25, -0.2) is 14.4 Å². The fourth-order valence-electron chi connectivity index (χ4n) is 4.65. The Hall–Kier alpha value is -4.77. The maximum atomic E-state index is 15.0. The van der Waals surface area contributed by atoms with Crippen molar-refractivity contribution < 1.29 is 28.2 Å². The van der Waals surface area contributed by atoms with E-state index in [9.17, 15) is 14.0 Å². The zero-order valence-corrected chi connectivity index (χ0v) is 25.2. The van der Waals surface area contributed by atoms with Gasteiger partial charge in [-0.15, -0.1) is 0 Å². The lowest BCUT2D eigenvalue weighted by Gasteiger charge is -2.23. The number of halogens is 1. The molecule has 10 nitrogen and oxygen atoms in total. The summed E-state index contributed by atoms with van der Waals surface area (Å²) in [4.78, 5) is 33.0. The van der Waals surface area contributed by atoms with Gasteiger partial charge in [0.2, 0.25) is 5.88 Å². The number of anilines is 1. The van der Waals surface area contributed by atoms with Crippen LogP contribution in [0.2, 0.25) is 0 Å². The predicted octanol–water partition coefficient (Wildman–Crippen LogP) is 5.27. The van der Waals surface area contributed by atoms with Crippen LogP contribution in [0, 0.1) is 11.7 Å². The fourth-order valence-corrected chi connectivity index (χ4v) is 4.65. The topological polar surface area (TPSA) is 124 Å². The lowest BCUT2D eigenvalue weighted by Crippen LogP contribution is -2.36. The normalized spacial score (nSPS) is 12.9. The van der Waals surface area contributed by atoms with Gasteiger partial charge in [-0.3, -0.25) is 9.59 Å². The summed E-state index contributed by atoms with van der Waals surface area (Å²) in [5.74, 6) is -0.962. The molecule has 232 valence electrons. The van der Waals surface area contributed by atoms with Gasteiger partial charge in [-0.05, 0) is 62.0 Å². The molecule has 1 aromatic heterocycles. The van der Waals surface area contributed by atoms with Crippen LogP contribution >= 0.6 is 0 Å². The zero-order chi connectivity index (χ0) is 31.3. The first-order valence-electron chi connectivity index (χ1n) is 14.8. The van der Waals surface area contributed by atoms with Crippen molar-refractivity contribution in [2.45, 2.75) is 33.1 Å². The minimum atomic E-state index is -0.900. The molecule has 11 heteroatoms. The Morgan fingerprint density at radius 3 is 2.45 bits per heavy atom. The number of nitrogens with zero attached hydrogens (tertiary/aromatic N) is 2. The number of rotatable bonds is 10. The second-order valence-electron chi connectivity index (χ2n) is 9.90. The summed E-state index contributed by atoms with van der Waals surface area (Å²) in [5, 5.41) is 8.81. The molecule has 44 heavy (non-hydrogen) atoms. The Morgan fingerprint density at radius 2 is 1.73 bits per heavy atom. The summed E-state index contributed by atoms with van der Waals surface area (Å²) in [6.45, 7) is 6.82. The van der Waals surface area contributed by atoms with Crippen LogP contribution in [0.25, 0.3) is 10.9 Å².